The van der Waals surface area contributed by atoms with Crippen LogP contribution in [0.1, 0.15) is 6.42 Å². The van der Waals surface area contributed by atoms with E-state index in [0.717, 1.165) is 5.69 Å². The number of benzene rings is 1. The minimum absolute atomic E-state index is 0.139. The Morgan fingerprint density at radius 1 is 1.38 bits per heavy atom. The van der Waals surface area contributed by atoms with E-state index in [1.165, 1.54) is 0 Å². The smallest absolute Gasteiger partial charge is 0.252 e. The fraction of sp³-hybridized carbons (Fsp3) is 0.111. The molecule has 1 rings (SSSR count). The number of anilines is 1. The first-order chi connectivity index (χ1) is 6.33. The second-order valence-corrected chi connectivity index (χ2v) is 2.37. The Morgan fingerprint density at radius 2 is 2.08 bits per heavy atom. The molecule has 0 atom stereocenters. The lowest BCUT2D eigenvalue weighted by atomic mass is 10.3. The van der Waals surface area contributed by atoms with Crippen LogP contribution in [0.15, 0.2) is 30.3 Å². The van der Waals surface area contributed by atoms with Crippen molar-refractivity contribution >= 4 is 11.6 Å². The van der Waals surface area contributed by atoms with Crippen molar-refractivity contribution < 1.29 is 4.79 Å². The number of hydrazine groups is 1. The molecule has 1 aromatic carbocycles. The minimum Gasteiger partial charge on any atom is -0.299 e. The number of nitriles is 1. The van der Waals surface area contributed by atoms with Crippen LogP contribution in [0.2, 0.25) is 0 Å². The summed E-state index contributed by atoms with van der Waals surface area (Å²) >= 11 is 0. The molecule has 4 nitrogen and oxygen atoms in total. The topological polar surface area (TPSA) is 64.9 Å². The van der Waals surface area contributed by atoms with Gasteiger partial charge in [-0.05, 0) is 12.1 Å². The van der Waals surface area contributed by atoms with Crippen LogP contribution in [0, 0.1) is 11.3 Å². The van der Waals surface area contributed by atoms with Crippen molar-refractivity contribution in [2.45, 2.75) is 6.42 Å². The van der Waals surface area contributed by atoms with Crippen LogP contribution in [0.4, 0.5) is 5.69 Å². The van der Waals surface area contributed by atoms with Crippen molar-refractivity contribution in [3.05, 3.63) is 30.3 Å². The molecule has 0 aliphatic heterocycles. The third-order valence-electron chi connectivity index (χ3n) is 1.36. The van der Waals surface area contributed by atoms with Gasteiger partial charge >= 0.3 is 0 Å². The Labute approximate surface area is 76.2 Å². The van der Waals surface area contributed by atoms with Gasteiger partial charge in [-0.1, -0.05) is 18.2 Å². The van der Waals surface area contributed by atoms with E-state index in [-0.39, 0.29) is 12.3 Å². The molecular weight excluding hydrogens is 166 g/mol. The molecule has 0 heterocycles. The maximum atomic E-state index is 10.8. The Hall–Kier alpha value is -2.02. The minimum atomic E-state index is -0.341. The maximum Gasteiger partial charge on any atom is 0.252 e. The first kappa shape index (κ1) is 9.07. The maximum absolute atomic E-state index is 10.8. The Balaban J connectivity index is 2.36. The van der Waals surface area contributed by atoms with Gasteiger partial charge < -0.3 is 0 Å². The average Bonchev–Trinajstić information content (AvgIpc) is 2.17. The largest absolute Gasteiger partial charge is 0.299 e. The first-order valence-corrected chi connectivity index (χ1v) is 3.80. The zero-order valence-electron chi connectivity index (χ0n) is 6.95. The van der Waals surface area contributed by atoms with Crippen LogP contribution in [0.3, 0.4) is 0 Å². The van der Waals surface area contributed by atoms with Gasteiger partial charge in [0.05, 0.1) is 11.8 Å². The lowest BCUT2D eigenvalue weighted by Gasteiger charge is -2.05. The molecular formula is C9H9N3O. The van der Waals surface area contributed by atoms with Crippen LogP contribution in [0.25, 0.3) is 0 Å². The summed E-state index contributed by atoms with van der Waals surface area (Å²) in [6, 6.07) is 10.9. The third-order valence-corrected chi connectivity index (χ3v) is 1.36. The van der Waals surface area contributed by atoms with Gasteiger partial charge in [0.2, 0.25) is 0 Å². The van der Waals surface area contributed by atoms with Gasteiger partial charge in [-0.15, -0.1) is 0 Å². The van der Waals surface area contributed by atoms with E-state index in [9.17, 15) is 4.79 Å². The van der Waals surface area contributed by atoms with E-state index in [1.807, 2.05) is 30.3 Å². The predicted molar refractivity (Wildman–Crippen MR) is 48.4 cm³/mol. The molecule has 13 heavy (non-hydrogen) atoms. The Morgan fingerprint density at radius 3 is 2.69 bits per heavy atom. The first-order valence-electron chi connectivity index (χ1n) is 3.80. The van der Waals surface area contributed by atoms with E-state index in [2.05, 4.69) is 10.9 Å². The number of rotatable bonds is 3. The summed E-state index contributed by atoms with van der Waals surface area (Å²) in [5, 5.41) is 8.20. The molecule has 0 fully saturated rings. The zero-order chi connectivity index (χ0) is 9.52. The molecule has 4 heteroatoms. The predicted octanol–water partition coefficient (Wildman–Crippen LogP) is 1.04. The molecule has 0 unspecified atom stereocenters. The van der Waals surface area contributed by atoms with Gasteiger partial charge in [0.25, 0.3) is 5.91 Å². The lowest BCUT2D eigenvalue weighted by molar-refractivity contribution is -0.119. The molecule has 0 saturated heterocycles. The molecule has 0 radical (unpaired) electrons. The normalized spacial score (nSPS) is 8.54. The number of hydrogen-bond donors (Lipinski definition) is 2. The molecule has 0 spiro atoms. The number of para-hydroxylation sites is 1. The van der Waals surface area contributed by atoms with Crippen molar-refractivity contribution in [1.29, 1.82) is 5.26 Å². The molecule has 66 valence electrons. The standard InChI is InChI=1S/C9H9N3O/c10-7-6-9(13)12-11-8-4-2-1-3-5-8/h1-5,11H,6H2,(H,12,13). The molecule has 0 aromatic heterocycles. The zero-order valence-corrected chi connectivity index (χ0v) is 6.95. The van der Waals surface area contributed by atoms with Crippen LogP contribution in [-0.4, -0.2) is 5.91 Å². The number of amides is 1. The summed E-state index contributed by atoms with van der Waals surface area (Å²) in [4.78, 5) is 10.8. The van der Waals surface area contributed by atoms with Crippen molar-refractivity contribution in [2.75, 3.05) is 5.43 Å². The quantitative estimate of drug-likeness (QED) is 0.674. The summed E-state index contributed by atoms with van der Waals surface area (Å²) in [6.07, 6.45) is -0.139. The molecule has 0 aliphatic carbocycles. The lowest BCUT2D eigenvalue weighted by Crippen LogP contribution is -2.28. The second kappa shape index (κ2) is 4.78. The van der Waals surface area contributed by atoms with E-state index in [0.29, 0.717) is 0 Å². The summed E-state index contributed by atoms with van der Waals surface area (Å²) in [5.74, 6) is -0.341. The molecule has 0 saturated carbocycles. The Bertz CT molecular complexity index is 315. The summed E-state index contributed by atoms with van der Waals surface area (Å²) in [5.41, 5.74) is 5.85. The van der Waals surface area contributed by atoms with Gasteiger partial charge in [0.15, 0.2) is 0 Å². The average molecular weight is 175 g/mol. The van der Waals surface area contributed by atoms with Gasteiger partial charge in [-0.2, -0.15) is 5.26 Å². The van der Waals surface area contributed by atoms with Crippen molar-refractivity contribution in [1.82, 2.24) is 5.43 Å². The molecule has 0 bridgehead atoms. The van der Waals surface area contributed by atoms with E-state index in [4.69, 9.17) is 5.26 Å². The molecule has 1 amide bonds. The second-order valence-electron chi connectivity index (χ2n) is 2.37. The van der Waals surface area contributed by atoms with Gasteiger partial charge in [0.1, 0.15) is 6.42 Å². The summed E-state index contributed by atoms with van der Waals surface area (Å²) in [7, 11) is 0. The number of carbonyl (C=O) groups excluding carboxylic acids is 1. The summed E-state index contributed by atoms with van der Waals surface area (Å²) < 4.78 is 0. The highest BCUT2D eigenvalue weighted by atomic mass is 16.2. The third kappa shape index (κ3) is 3.25. The van der Waals surface area contributed by atoms with Crippen molar-refractivity contribution in [2.24, 2.45) is 0 Å². The van der Waals surface area contributed by atoms with E-state index in [1.54, 1.807) is 6.07 Å². The van der Waals surface area contributed by atoms with Crippen LogP contribution in [0.5, 0.6) is 0 Å². The number of nitrogens with zero attached hydrogens (tertiary/aromatic N) is 1. The van der Waals surface area contributed by atoms with E-state index < -0.39 is 0 Å². The van der Waals surface area contributed by atoms with E-state index >= 15 is 0 Å². The number of carbonyl (C=O) groups is 1. The number of hydrogen-bond acceptors (Lipinski definition) is 3. The van der Waals surface area contributed by atoms with Gasteiger partial charge in [0, 0.05) is 0 Å². The summed E-state index contributed by atoms with van der Waals surface area (Å²) in [6.45, 7) is 0. The highest BCUT2D eigenvalue weighted by molar-refractivity contribution is 5.79. The molecule has 1 aromatic rings. The fourth-order valence-electron chi connectivity index (χ4n) is 0.779. The van der Waals surface area contributed by atoms with Crippen LogP contribution in [-0.2, 0) is 4.79 Å². The highest BCUT2D eigenvalue weighted by Gasteiger charge is 1.97. The van der Waals surface area contributed by atoms with Gasteiger partial charge in [-0.3, -0.25) is 15.6 Å². The van der Waals surface area contributed by atoms with Crippen LogP contribution >= 0.6 is 0 Å². The van der Waals surface area contributed by atoms with Crippen molar-refractivity contribution in [3.63, 3.8) is 0 Å². The van der Waals surface area contributed by atoms with Crippen molar-refractivity contribution in [3.8, 4) is 6.07 Å². The molecule has 0 aliphatic rings. The number of nitrogens with one attached hydrogen (secondary N) is 2. The highest BCUT2D eigenvalue weighted by Crippen LogP contribution is 2.02. The van der Waals surface area contributed by atoms with Gasteiger partial charge in [-0.25, -0.2) is 0 Å². The monoisotopic (exact) mass is 175 g/mol. The SMILES string of the molecule is N#CCC(=O)NNc1ccccc1. The fourth-order valence-corrected chi connectivity index (χ4v) is 0.779. The Kier molecular flexibility index (Phi) is 3.33. The van der Waals surface area contributed by atoms with Crippen LogP contribution < -0.4 is 10.9 Å². The molecule has 2 N–H and O–H groups in total.